The molecule has 0 saturated heterocycles. The van der Waals surface area contributed by atoms with Crippen LogP contribution in [0.4, 0.5) is 4.39 Å². The molecule has 1 unspecified atom stereocenters. The lowest BCUT2D eigenvalue weighted by atomic mass is 9.82. The molecule has 0 saturated carbocycles. The Kier molecular flexibility index (Phi) is 3.64. The molecule has 2 heteroatoms. The lowest BCUT2D eigenvalue weighted by Gasteiger charge is -2.25. The molecule has 0 amide bonds. The number of hydrogen-bond donors (Lipinski definition) is 1. The van der Waals surface area contributed by atoms with Crippen LogP contribution in [0, 0.1) is 11.2 Å². The smallest absolute Gasteiger partial charge is 0.123 e. The largest absolute Gasteiger partial charge is 0.396 e. The Balaban J connectivity index is 2.72. The molecular formula is C12H17FO. The summed E-state index contributed by atoms with van der Waals surface area (Å²) < 4.78 is 12.6. The van der Waals surface area contributed by atoms with Crippen LogP contribution in [0.1, 0.15) is 25.8 Å². The van der Waals surface area contributed by atoms with Gasteiger partial charge in [0.25, 0.3) is 0 Å². The predicted molar refractivity (Wildman–Crippen MR) is 55.6 cm³/mol. The lowest BCUT2D eigenvalue weighted by molar-refractivity contribution is 0.137. The predicted octanol–water partition coefficient (Wildman–Crippen LogP) is 2.78. The highest BCUT2D eigenvalue weighted by atomic mass is 19.1. The minimum atomic E-state index is -0.212. The van der Waals surface area contributed by atoms with E-state index in [1.807, 2.05) is 6.92 Å². The molecule has 0 radical (unpaired) electrons. The highest BCUT2D eigenvalue weighted by Gasteiger charge is 2.21. The molecule has 0 aliphatic heterocycles. The van der Waals surface area contributed by atoms with E-state index in [9.17, 15) is 9.50 Å². The molecule has 0 bridgehead atoms. The number of benzene rings is 1. The second-order valence-corrected chi connectivity index (χ2v) is 4.13. The van der Waals surface area contributed by atoms with Crippen molar-refractivity contribution in [1.29, 1.82) is 0 Å². The molecule has 0 aliphatic carbocycles. The molecule has 0 aromatic heterocycles. The fraction of sp³-hybridized carbons (Fsp3) is 0.500. The van der Waals surface area contributed by atoms with Crippen LogP contribution in [0.15, 0.2) is 24.3 Å². The van der Waals surface area contributed by atoms with Gasteiger partial charge in [0.05, 0.1) is 0 Å². The summed E-state index contributed by atoms with van der Waals surface area (Å²) in [6.07, 6.45) is 1.71. The fourth-order valence-electron chi connectivity index (χ4n) is 1.39. The summed E-state index contributed by atoms with van der Waals surface area (Å²) in [6, 6.07) is 6.48. The summed E-state index contributed by atoms with van der Waals surface area (Å²) in [5.41, 5.74) is 0.988. The van der Waals surface area contributed by atoms with Gasteiger partial charge < -0.3 is 5.11 Å². The number of halogens is 1. The minimum Gasteiger partial charge on any atom is -0.396 e. The fourth-order valence-corrected chi connectivity index (χ4v) is 1.39. The Hall–Kier alpha value is -0.890. The number of rotatable bonds is 4. The number of hydrogen-bond acceptors (Lipinski definition) is 1. The molecule has 1 aromatic carbocycles. The van der Waals surface area contributed by atoms with Gasteiger partial charge in [-0.15, -0.1) is 0 Å². The highest BCUT2D eigenvalue weighted by Crippen LogP contribution is 2.25. The van der Waals surface area contributed by atoms with Gasteiger partial charge in [0.2, 0.25) is 0 Å². The van der Waals surface area contributed by atoms with Gasteiger partial charge in [-0.05, 0) is 36.0 Å². The van der Waals surface area contributed by atoms with Crippen molar-refractivity contribution in [3.8, 4) is 0 Å². The van der Waals surface area contributed by atoms with E-state index >= 15 is 0 Å². The van der Waals surface area contributed by atoms with Crippen LogP contribution < -0.4 is 0 Å². The molecule has 0 spiro atoms. The average molecular weight is 196 g/mol. The standard InChI is InChI=1S/C12H17FO/c1-3-12(2,9-14)8-10-4-6-11(13)7-5-10/h4-7,14H,3,8-9H2,1-2H3. The Morgan fingerprint density at radius 1 is 1.29 bits per heavy atom. The topological polar surface area (TPSA) is 20.2 Å². The Morgan fingerprint density at radius 2 is 1.86 bits per heavy atom. The SMILES string of the molecule is CCC(C)(CO)Cc1ccc(F)cc1. The number of aliphatic hydroxyl groups is 1. The van der Waals surface area contributed by atoms with Crippen molar-refractivity contribution >= 4 is 0 Å². The molecular weight excluding hydrogens is 179 g/mol. The number of aliphatic hydroxyl groups excluding tert-OH is 1. The molecule has 0 aliphatic rings. The van der Waals surface area contributed by atoms with Crippen molar-refractivity contribution in [1.82, 2.24) is 0 Å². The summed E-state index contributed by atoms with van der Waals surface area (Å²) >= 11 is 0. The molecule has 78 valence electrons. The summed E-state index contributed by atoms with van der Waals surface area (Å²) in [5, 5.41) is 9.23. The van der Waals surface area contributed by atoms with Crippen molar-refractivity contribution < 1.29 is 9.50 Å². The van der Waals surface area contributed by atoms with Crippen molar-refractivity contribution in [2.24, 2.45) is 5.41 Å². The van der Waals surface area contributed by atoms with Gasteiger partial charge in [-0.3, -0.25) is 0 Å². The second-order valence-electron chi connectivity index (χ2n) is 4.13. The van der Waals surface area contributed by atoms with E-state index < -0.39 is 0 Å². The van der Waals surface area contributed by atoms with Gasteiger partial charge in [0, 0.05) is 6.61 Å². The van der Waals surface area contributed by atoms with E-state index in [1.165, 1.54) is 12.1 Å². The molecule has 0 fully saturated rings. The average Bonchev–Trinajstić information content (AvgIpc) is 2.21. The van der Waals surface area contributed by atoms with Gasteiger partial charge in [0.1, 0.15) is 5.82 Å². The molecule has 1 aromatic rings. The van der Waals surface area contributed by atoms with Crippen molar-refractivity contribution in [3.63, 3.8) is 0 Å². The van der Waals surface area contributed by atoms with E-state index in [0.29, 0.717) is 0 Å². The first kappa shape index (κ1) is 11.2. The van der Waals surface area contributed by atoms with Crippen LogP contribution in [0.3, 0.4) is 0 Å². The zero-order valence-corrected chi connectivity index (χ0v) is 8.76. The monoisotopic (exact) mass is 196 g/mol. The first-order valence-corrected chi connectivity index (χ1v) is 4.95. The highest BCUT2D eigenvalue weighted by molar-refractivity contribution is 5.17. The van der Waals surface area contributed by atoms with E-state index in [0.717, 1.165) is 18.4 Å². The molecule has 1 N–H and O–H groups in total. The summed E-state index contributed by atoms with van der Waals surface area (Å²) in [6.45, 7) is 4.26. The summed E-state index contributed by atoms with van der Waals surface area (Å²) in [4.78, 5) is 0. The van der Waals surface area contributed by atoms with Crippen LogP contribution in [0.5, 0.6) is 0 Å². The van der Waals surface area contributed by atoms with E-state index in [1.54, 1.807) is 12.1 Å². The normalized spacial score (nSPS) is 15.1. The maximum Gasteiger partial charge on any atom is 0.123 e. The molecule has 0 heterocycles. The molecule has 1 nitrogen and oxygen atoms in total. The minimum absolute atomic E-state index is 0.0855. The van der Waals surface area contributed by atoms with Gasteiger partial charge in [0.15, 0.2) is 0 Å². The third-order valence-electron chi connectivity index (χ3n) is 2.78. The van der Waals surface area contributed by atoms with Gasteiger partial charge in [-0.2, -0.15) is 0 Å². The molecule has 1 atom stereocenters. The van der Waals surface area contributed by atoms with Crippen LogP contribution >= 0.6 is 0 Å². The maximum absolute atomic E-state index is 12.6. The van der Waals surface area contributed by atoms with Crippen molar-refractivity contribution in [2.75, 3.05) is 6.61 Å². The third kappa shape index (κ3) is 2.81. The van der Waals surface area contributed by atoms with Gasteiger partial charge in [-0.1, -0.05) is 26.0 Å². The quantitative estimate of drug-likeness (QED) is 0.785. The van der Waals surface area contributed by atoms with E-state index in [2.05, 4.69) is 6.92 Å². The molecule has 1 rings (SSSR count). The second kappa shape index (κ2) is 4.56. The Morgan fingerprint density at radius 3 is 2.29 bits per heavy atom. The first-order valence-electron chi connectivity index (χ1n) is 4.95. The first-order chi connectivity index (χ1) is 6.59. The van der Waals surface area contributed by atoms with Gasteiger partial charge >= 0.3 is 0 Å². The third-order valence-corrected chi connectivity index (χ3v) is 2.78. The van der Waals surface area contributed by atoms with Crippen LogP contribution in [0.2, 0.25) is 0 Å². The van der Waals surface area contributed by atoms with Crippen molar-refractivity contribution in [3.05, 3.63) is 35.6 Å². The Labute approximate surface area is 84.6 Å². The zero-order chi connectivity index (χ0) is 10.6. The van der Waals surface area contributed by atoms with E-state index in [4.69, 9.17) is 0 Å². The van der Waals surface area contributed by atoms with Crippen LogP contribution in [0.25, 0.3) is 0 Å². The summed E-state index contributed by atoms with van der Waals surface area (Å²) in [5.74, 6) is -0.212. The zero-order valence-electron chi connectivity index (χ0n) is 8.76. The molecule has 14 heavy (non-hydrogen) atoms. The van der Waals surface area contributed by atoms with Crippen LogP contribution in [-0.2, 0) is 6.42 Å². The van der Waals surface area contributed by atoms with Gasteiger partial charge in [-0.25, -0.2) is 4.39 Å². The lowest BCUT2D eigenvalue weighted by Crippen LogP contribution is -2.23. The van der Waals surface area contributed by atoms with Crippen molar-refractivity contribution in [2.45, 2.75) is 26.7 Å². The van der Waals surface area contributed by atoms with E-state index in [-0.39, 0.29) is 17.8 Å². The Bertz CT molecular complexity index is 275. The summed E-state index contributed by atoms with van der Waals surface area (Å²) in [7, 11) is 0. The van der Waals surface area contributed by atoms with Crippen LogP contribution in [-0.4, -0.2) is 11.7 Å². The maximum atomic E-state index is 12.6.